The number of aromatic nitrogens is 2. The number of anilines is 1. The van der Waals surface area contributed by atoms with E-state index in [1.165, 1.54) is 0 Å². The quantitative estimate of drug-likeness (QED) is 0.849. The van der Waals surface area contributed by atoms with Crippen molar-refractivity contribution in [2.75, 3.05) is 31.1 Å². The van der Waals surface area contributed by atoms with E-state index < -0.39 is 6.09 Å². The fourth-order valence-electron chi connectivity index (χ4n) is 2.57. The van der Waals surface area contributed by atoms with Crippen LogP contribution in [0.4, 0.5) is 10.7 Å². The maximum Gasteiger partial charge on any atom is 0.410 e. The smallest absolute Gasteiger partial charge is 0.408 e. The predicted octanol–water partition coefficient (Wildman–Crippen LogP) is 0.689. The van der Waals surface area contributed by atoms with Gasteiger partial charge < -0.3 is 25.3 Å². The van der Waals surface area contributed by atoms with Gasteiger partial charge in [0.2, 0.25) is 11.9 Å². The molecule has 1 fully saturated rings. The molecule has 0 unspecified atom stereocenters. The van der Waals surface area contributed by atoms with E-state index in [1.54, 1.807) is 24.0 Å². The van der Waals surface area contributed by atoms with Crippen LogP contribution in [-0.4, -0.2) is 53.0 Å². The van der Waals surface area contributed by atoms with E-state index in [-0.39, 0.29) is 5.91 Å². The molecule has 1 saturated heterocycles. The monoisotopic (exact) mass is 303 g/mol. The fraction of sp³-hybridized carbons (Fsp3) is 0.357. The first kappa shape index (κ1) is 14.2. The van der Waals surface area contributed by atoms with Gasteiger partial charge in [-0.1, -0.05) is 6.07 Å². The molecule has 8 nitrogen and oxygen atoms in total. The van der Waals surface area contributed by atoms with Crippen molar-refractivity contribution in [3.05, 3.63) is 18.2 Å². The number of nitrogens with two attached hydrogens (primary N) is 1. The van der Waals surface area contributed by atoms with Gasteiger partial charge in [-0.25, -0.2) is 9.78 Å². The van der Waals surface area contributed by atoms with Gasteiger partial charge in [0.1, 0.15) is 5.52 Å². The minimum Gasteiger partial charge on any atom is -0.408 e. The second-order valence-corrected chi connectivity index (χ2v) is 5.13. The minimum absolute atomic E-state index is 0.0846. The van der Waals surface area contributed by atoms with Crippen molar-refractivity contribution in [1.82, 2.24) is 14.9 Å². The molecule has 1 aromatic heterocycles. The number of carbonyl (C=O) groups excluding carboxylic acids is 2. The van der Waals surface area contributed by atoms with Gasteiger partial charge in [0.25, 0.3) is 0 Å². The van der Waals surface area contributed by atoms with E-state index in [4.69, 9.17) is 10.5 Å². The van der Waals surface area contributed by atoms with Crippen molar-refractivity contribution in [3.63, 3.8) is 0 Å². The van der Waals surface area contributed by atoms with Gasteiger partial charge in [-0.15, -0.1) is 0 Å². The summed E-state index contributed by atoms with van der Waals surface area (Å²) in [6, 6.07) is 5.26. The number of primary amides is 1. The van der Waals surface area contributed by atoms with Gasteiger partial charge in [-0.2, -0.15) is 0 Å². The maximum absolute atomic E-state index is 11.4. The molecule has 1 aromatic carbocycles. The number of hydrogen-bond acceptors (Lipinski definition) is 5. The lowest BCUT2D eigenvalue weighted by molar-refractivity contribution is -0.129. The van der Waals surface area contributed by atoms with Gasteiger partial charge in [-0.05, 0) is 12.1 Å². The number of piperazine rings is 1. The number of hydrogen-bond donors (Lipinski definition) is 2. The molecule has 3 rings (SSSR count). The summed E-state index contributed by atoms with van der Waals surface area (Å²) in [7, 11) is 0. The highest BCUT2D eigenvalue weighted by Crippen LogP contribution is 2.26. The van der Waals surface area contributed by atoms with Crippen LogP contribution in [0.1, 0.15) is 6.92 Å². The van der Waals surface area contributed by atoms with Crippen LogP contribution in [0.25, 0.3) is 11.0 Å². The zero-order chi connectivity index (χ0) is 15.7. The van der Waals surface area contributed by atoms with E-state index >= 15 is 0 Å². The first-order valence-corrected chi connectivity index (χ1v) is 7.01. The summed E-state index contributed by atoms with van der Waals surface area (Å²) in [5, 5.41) is 0. The highest BCUT2D eigenvalue weighted by molar-refractivity contribution is 5.86. The van der Waals surface area contributed by atoms with E-state index in [0.29, 0.717) is 43.4 Å². The van der Waals surface area contributed by atoms with Crippen LogP contribution in [0.5, 0.6) is 5.75 Å². The van der Waals surface area contributed by atoms with E-state index in [2.05, 4.69) is 14.9 Å². The van der Waals surface area contributed by atoms with Crippen LogP contribution in [0, 0.1) is 0 Å². The van der Waals surface area contributed by atoms with Crippen LogP contribution < -0.4 is 15.4 Å². The number of para-hydroxylation sites is 1. The molecule has 3 N–H and O–H groups in total. The molecule has 0 saturated carbocycles. The Bertz CT molecular complexity index is 718. The van der Waals surface area contributed by atoms with Gasteiger partial charge in [-0.3, -0.25) is 4.79 Å². The van der Waals surface area contributed by atoms with Crippen LogP contribution in [0.3, 0.4) is 0 Å². The normalized spacial score (nSPS) is 15.1. The van der Waals surface area contributed by atoms with Gasteiger partial charge in [0.05, 0.1) is 5.52 Å². The summed E-state index contributed by atoms with van der Waals surface area (Å²) in [6.45, 7) is 4.30. The Kier molecular flexibility index (Phi) is 3.58. The lowest BCUT2D eigenvalue weighted by atomic mass is 10.3. The summed E-state index contributed by atoms with van der Waals surface area (Å²) >= 11 is 0. The number of amides is 2. The SMILES string of the molecule is CC(=O)N1CCN(c2nc3c(OC(N)=O)cccc3[nH]2)CC1. The van der Waals surface area contributed by atoms with Crippen LogP contribution in [-0.2, 0) is 4.79 Å². The largest absolute Gasteiger partial charge is 0.410 e. The Labute approximate surface area is 126 Å². The highest BCUT2D eigenvalue weighted by atomic mass is 16.5. The molecule has 2 amide bonds. The molecule has 2 heterocycles. The molecule has 1 aliphatic rings. The first-order valence-electron chi connectivity index (χ1n) is 7.01. The van der Waals surface area contributed by atoms with Crippen molar-refractivity contribution in [3.8, 4) is 5.75 Å². The van der Waals surface area contributed by atoms with Crippen molar-refractivity contribution in [2.24, 2.45) is 5.73 Å². The molecule has 0 radical (unpaired) electrons. The zero-order valence-electron chi connectivity index (χ0n) is 12.2. The van der Waals surface area contributed by atoms with E-state index in [0.717, 1.165) is 5.52 Å². The Morgan fingerprint density at radius 3 is 2.64 bits per heavy atom. The van der Waals surface area contributed by atoms with Crippen molar-refractivity contribution in [2.45, 2.75) is 6.92 Å². The highest BCUT2D eigenvalue weighted by Gasteiger charge is 2.21. The van der Waals surface area contributed by atoms with Gasteiger partial charge in [0.15, 0.2) is 5.75 Å². The van der Waals surface area contributed by atoms with E-state index in [1.807, 2.05) is 6.07 Å². The molecule has 0 bridgehead atoms. The zero-order valence-corrected chi connectivity index (χ0v) is 12.2. The van der Waals surface area contributed by atoms with Gasteiger partial charge >= 0.3 is 6.09 Å². The molecule has 0 aliphatic carbocycles. The molecular formula is C14H17N5O3. The third-order valence-corrected chi connectivity index (χ3v) is 3.70. The van der Waals surface area contributed by atoms with Crippen LogP contribution >= 0.6 is 0 Å². The van der Waals surface area contributed by atoms with Gasteiger partial charge in [0, 0.05) is 33.1 Å². The number of nitrogens with zero attached hydrogens (tertiary/aromatic N) is 3. The third kappa shape index (κ3) is 2.67. The molecule has 8 heteroatoms. The van der Waals surface area contributed by atoms with Crippen molar-refractivity contribution < 1.29 is 14.3 Å². The summed E-state index contributed by atoms with van der Waals surface area (Å²) in [5.74, 6) is 1.11. The molecule has 116 valence electrons. The van der Waals surface area contributed by atoms with Crippen LogP contribution in [0.2, 0.25) is 0 Å². The topological polar surface area (TPSA) is 105 Å². The molecular weight excluding hydrogens is 286 g/mol. The number of rotatable bonds is 2. The molecule has 1 aliphatic heterocycles. The maximum atomic E-state index is 11.4. The Balaban J connectivity index is 1.84. The number of nitrogens with one attached hydrogen (secondary N) is 1. The predicted molar refractivity (Wildman–Crippen MR) is 80.8 cm³/mol. The third-order valence-electron chi connectivity index (χ3n) is 3.70. The summed E-state index contributed by atoms with van der Waals surface area (Å²) < 4.78 is 4.96. The molecule has 2 aromatic rings. The Morgan fingerprint density at radius 1 is 1.27 bits per heavy atom. The number of ether oxygens (including phenoxy) is 1. The summed E-state index contributed by atoms with van der Waals surface area (Å²) in [5.41, 5.74) is 6.39. The van der Waals surface area contributed by atoms with Crippen molar-refractivity contribution >= 4 is 29.0 Å². The number of carbonyl (C=O) groups is 2. The summed E-state index contributed by atoms with van der Waals surface area (Å²) in [6.07, 6.45) is -0.868. The lowest BCUT2D eigenvalue weighted by Gasteiger charge is -2.33. The lowest BCUT2D eigenvalue weighted by Crippen LogP contribution is -2.48. The molecule has 0 spiro atoms. The fourth-order valence-corrected chi connectivity index (χ4v) is 2.57. The number of fused-ring (bicyclic) bond motifs is 1. The minimum atomic E-state index is -0.868. The second-order valence-electron chi connectivity index (χ2n) is 5.13. The second kappa shape index (κ2) is 5.55. The average molecular weight is 303 g/mol. The Hall–Kier alpha value is -2.77. The van der Waals surface area contributed by atoms with E-state index in [9.17, 15) is 9.59 Å². The number of imidazole rings is 1. The molecule has 22 heavy (non-hydrogen) atoms. The summed E-state index contributed by atoms with van der Waals surface area (Å²) in [4.78, 5) is 33.9. The average Bonchev–Trinajstić information content (AvgIpc) is 2.92. The number of H-pyrrole nitrogens is 1. The number of benzene rings is 1. The van der Waals surface area contributed by atoms with Crippen molar-refractivity contribution in [1.29, 1.82) is 0 Å². The number of aromatic amines is 1. The van der Waals surface area contributed by atoms with Crippen LogP contribution in [0.15, 0.2) is 18.2 Å². The first-order chi connectivity index (χ1) is 10.5. The molecule has 0 atom stereocenters. The standard InChI is InChI=1S/C14H17N5O3/c1-9(20)18-5-7-19(8-6-18)14-16-10-3-2-4-11(12(10)17-14)22-13(15)21/h2-4H,5-8H2,1H3,(H2,15,21)(H,16,17). The Morgan fingerprint density at radius 2 is 2.00 bits per heavy atom.